The Morgan fingerprint density at radius 1 is 0.839 bits per heavy atom. The third-order valence-corrected chi connectivity index (χ3v) is 6.64. The minimum Gasteiger partial charge on any atom is -0.493 e. The third kappa shape index (κ3) is 5.41. The molecule has 0 aliphatic carbocycles. The van der Waals surface area contributed by atoms with Gasteiger partial charge in [-0.2, -0.15) is 21.9 Å². The molecule has 0 radical (unpaired) electrons. The van der Waals surface area contributed by atoms with Gasteiger partial charge >= 0.3 is 10.1 Å². The van der Waals surface area contributed by atoms with Gasteiger partial charge in [0.2, 0.25) is 0 Å². The summed E-state index contributed by atoms with van der Waals surface area (Å²) < 4.78 is 60.6. The van der Waals surface area contributed by atoms with Crippen molar-refractivity contribution in [3.05, 3.63) is 83.9 Å². The second-order valence-electron chi connectivity index (χ2n) is 6.40. The molecule has 3 aromatic carbocycles. The largest absolute Gasteiger partial charge is 0.493 e. The zero-order valence-electron chi connectivity index (χ0n) is 16.7. The summed E-state index contributed by atoms with van der Waals surface area (Å²) in [5.74, 6) is 0.0267. The van der Waals surface area contributed by atoms with E-state index in [0.717, 1.165) is 11.8 Å². The average molecular weight is 461 g/mol. The number of nitrogens with zero attached hydrogens (tertiary/aromatic N) is 1. The van der Waals surface area contributed by atoms with E-state index in [4.69, 9.17) is 8.92 Å². The molecule has 0 spiro atoms. The van der Waals surface area contributed by atoms with E-state index >= 15 is 0 Å². The van der Waals surface area contributed by atoms with Crippen molar-refractivity contribution in [1.82, 2.24) is 4.83 Å². The average Bonchev–Trinajstić information content (AvgIpc) is 2.75. The van der Waals surface area contributed by atoms with Crippen LogP contribution in [0.4, 0.5) is 0 Å². The summed E-state index contributed by atoms with van der Waals surface area (Å²) in [6, 6.07) is 18.5. The zero-order chi connectivity index (χ0) is 22.5. The van der Waals surface area contributed by atoms with Gasteiger partial charge in [-0.05, 0) is 43.3 Å². The molecule has 0 aromatic heterocycles. The van der Waals surface area contributed by atoms with E-state index < -0.39 is 20.1 Å². The fourth-order valence-corrected chi connectivity index (χ4v) is 4.34. The summed E-state index contributed by atoms with van der Waals surface area (Å²) in [7, 11) is -6.68. The summed E-state index contributed by atoms with van der Waals surface area (Å²) in [6.07, 6.45) is 1.14. The van der Waals surface area contributed by atoms with Crippen molar-refractivity contribution in [2.75, 3.05) is 7.11 Å². The predicted molar refractivity (Wildman–Crippen MR) is 116 cm³/mol. The molecule has 31 heavy (non-hydrogen) atoms. The van der Waals surface area contributed by atoms with E-state index in [0.29, 0.717) is 0 Å². The highest BCUT2D eigenvalue weighted by atomic mass is 32.2. The van der Waals surface area contributed by atoms with Crippen LogP contribution in [0.1, 0.15) is 11.1 Å². The number of hydrogen-bond donors (Lipinski definition) is 1. The number of methoxy groups -OCH3 is 1. The topological polar surface area (TPSA) is 111 Å². The maximum Gasteiger partial charge on any atom is 0.339 e. The summed E-state index contributed by atoms with van der Waals surface area (Å²) >= 11 is 0. The first-order valence-electron chi connectivity index (χ1n) is 9.01. The van der Waals surface area contributed by atoms with Crippen LogP contribution in [0.25, 0.3) is 0 Å². The predicted octanol–water partition coefficient (Wildman–Crippen LogP) is 3.08. The Morgan fingerprint density at radius 3 is 2.16 bits per heavy atom. The molecule has 0 atom stereocenters. The Bertz CT molecular complexity index is 1290. The Hall–Kier alpha value is -3.37. The Kier molecular flexibility index (Phi) is 6.62. The van der Waals surface area contributed by atoms with E-state index in [1.807, 2.05) is 6.92 Å². The van der Waals surface area contributed by atoms with Gasteiger partial charge < -0.3 is 8.92 Å². The molecule has 0 fully saturated rings. The van der Waals surface area contributed by atoms with Crippen LogP contribution in [0.3, 0.4) is 0 Å². The quantitative estimate of drug-likeness (QED) is 0.314. The van der Waals surface area contributed by atoms with Crippen molar-refractivity contribution in [2.24, 2.45) is 5.10 Å². The van der Waals surface area contributed by atoms with Crippen LogP contribution < -0.4 is 13.8 Å². The van der Waals surface area contributed by atoms with Gasteiger partial charge in [0.15, 0.2) is 11.5 Å². The maximum atomic E-state index is 12.7. The smallest absolute Gasteiger partial charge is 0.339 e. The van der Waals surface area contributed by atoms with Crippen LogP contribution in [0.2, 0.25) is 0 Å². The lowest BCUT2D eigenvalue weighted by Gasteiger charge is -2.13. The highest BCUT2D eigenvalue weighted by Crippen LogP contribution is 2.32. The van der Waals surface area contributed by atoms with Crippen LogP contribution in [0.5, 0.6) is 11.5 Å². The van der Waals surface area contributed by atoms with Crippen molar-refractivity contribution in [1.29, 1.82) is 0 Å². The molecule has 8 nitrogen and oxygen atoms in total. The molecule has 0 aliphatic heterocycles. The summed E-state index contributed by atoms with van der Waals surface area (Å²) in [5.41, 5.74) is 1.10. The summed E-state index contributed by atoms with van der Waals surface area (Å²) in [5, 5.41) is 3.75. The molecule has 1 N–H and O–H groups in total. The van der Waals surface area contributed by atoms with Crippen LogP contribution in [0.15, 0.2) is 87.7 Å². The van der Waals surface area contributed by atoms with Gasteiger partial charge in [-0.15, -0.1) is 0 Å². The maximum absolute atomic E-state index is 12.7. The monoisotopic (exact) mass is 460 g/mol. The number of rotatable bonds is 8. The molecule has 3 rings (SSSR count). The zero-order valence-corrected chi connectivity index (χ0v) is 18.4. The molecule has 162 valence electrons. The van der Waals surface area contributed by atoms with Crippen molar-refractivity contribution in [2.45, 2.75) is 16.7 Å². The van der Waals surface area contributed by atoms with E-state index in [-0.39, 0.29) is 26.9 Å². The second-order valence-corrected chi connectivity index (χ2v) is 9.60. The summed E-state index contributed by atoms with van der Waals surface area (Å²) in [4.78, 5) is 2.09. The van der Waals surface area contributed by atoms with Crippen LogP contribution >= 0.6 is 0 Å². The number of para-hydroxylation sites is 1. The lowest BCUT2D eigenvalue weighted by Crippen LogP contribution is -2.18. The summed E-state index contributed by atoms with van der Waals surface area (Å²) in [6.45, 7) is 1.84. The first kappa shape index (κ1) is 22.3. The SMILES string of the molecule is COc1cccc(/C=N\NS(=O)(=O)c2ccccc2)c1OS(=O)(=O)c1ccc(C)cc1. The first-order valence-corrected chi connectivity index (χ1v) is 11.9. The molecule has 0 saturated carbocycles. The molecule has 0 unspecified atom stereocenters. The van der Waals surface area contributed by atoms with Gasteiger partial charge in [-0.1, -0.05) is 42.0 Å². The van der Waals surface area contributed by atoms with Gasteiger partial charge in [-0.3, -0.25) is 0 Å². The number of sulfonamides is 1. The number of aryl methyl sites for hydroxylation is 1. The Morgan fingerprint density at radius 2 is 1.52 bits per heavy atom. The van der Waals surface area contributed by atoms with E-state index in [1.165, 1.54) is 43.5 Å². The Labute approximate surface area is 181 Å². The highest BCUT2D eigenvalue weighted by molar-refractivity contribution is 7.89. The molecule has 0 amide bonds. The first-order chi connectivity index (χ1) is 14.7. The minimum absolute atomic E-state index is 0.0309. The van der Waals surface area contributed by atoms with Gasteiger partial charge in [0.1, 0.15) is 4.90 Å². The van der Waals surface area contributed by atoms with Crippen molar-refractivity contribution < 1.29 is 25.8 Å². The molecule has 0 aliphatic rings. The lowest BCUT2D eigenvalue weighted by molar-refractivity contribution is 0.390. The number of hydrogen-bond acceptors (Lipinski definition) is 7. The van der Waals surface area contributed by atoms with Gasteiger partial charge in [0, 0.05) is 5.56 Å². The number of hydrazone groups is 1. The van der Waals surface area contributed by atoms with Crippen molar-refractivity contribution in [3.63, 3.8) is 0 Å². The van der Waals surface area contributed by atoms with Crippen molar-refractivity contribution in [3.8, 4) is 11.5 Å². The third-order valence-electron chi connectivity index (χ3n) is 4.16. The normalized spacial score (nSPS) is 11.9. The molecular formula is C21H20N2O6S2. The molecule has 0 bridgehead atoms. The van der Waals surface area contributed by atoms with Crippen LogP contribution in [0, 0.1) is 6.92 Å². The van der Waals surface area contributed by atoms with Crippen LogP contribution in [-0.2, 0) is 20.1 Å². The fraction of sp³-hybridized carbons (Fsp3) is 0.0952. The number of ether oxygens (including phenoxy) is 1. The number of benzene rings is 3. The molecule has 0 heterocycles. The van der Waals surface area contributed by atoms with Crippen LogP contribution in [-0.4, -0.2) is 30.2 Å². The minimum atomic E-state index is -4.16. The van der Waals surface area contributed by atoms with Gasteiger partial charge in [-0.25, -0.2) is 4.83 Å². The van der Waals surface area contributed by atoms with E-state index in [9.17, 15) is 16.8 Å². The van der Waals surface area contributed by atoms with Gasteiger partial charge in [0.05, 0.1) is 18.2 Å². The molecular weight excluding hydrogens is 440 g/mol. The standard InChI is InChI=1S/C21H20N2O6S2/c1-16-11-13-19(14-12-16)31(26,27)29-21-17(7-6-10-20(21)28-2)15-22-23-30(24,25)18-8-4-3-5-9-18/h3-15,23H,1-2H3/b22-15-. The number of nitrogens with one attached hydrogen (secondary N) is 1. The molecule has 3 aromatic rings. The van der Waals surface area contributed by atoms with E-state index in [1.54, 1.807) is 36.4 Å². The molecule has 0 saturated heterocycles. The lowest BCUT2D eigenvalue weighted by atomic mass is 10.2. The molecule has 10 heteroatoms. The Balaban J connectivity index is 1.90. The van der Waals surface area contributed by atoms with Gasteiger partial charge in [0.25, 0.3) is 10.0 Å². The second kappa shape index (κ2) is 9.19. The fourth-order valence-electron chi connectivity index (χ4n) is 2.56. The highest BCUT2D eigenvalue weighted by Gasteiger charge is 2.21. The van der Waals surface area contributed by atoms with Crippen molar-refractivity contribution >= 4 is 26.4 Å². The van der Waals surface area contributed by atoms with E-state index in [2.05, 4.69) is 9.93 Å².